The van der Waals surface area contributed by atoms with Crippen molar-refractivity contribution in [1.29, 1.82) is 0 Å². The Bertz CT molecular complexity index is 1060. The first kappa shape index (κ1) is 24.1. The Labute approximate surface area is 210 Å². The molecule has 186 valence electrons. The predicted octanol–water partition coefficient (Wildman–Crippen LogP) is 4.96. The first-order valence-electron chi connectivity index (χ1n) is 13.4. The highest BCUT2D eigenvalue weighted by molar-refractivity contribution is 5.92. The van der Waals surface area contributed by atoms with Gasteiger partial charge in [-0.2, -0.15) is 0 Å². The fraction of sp³-hybridized carbons (Fsp3) is 0.533. The molecule has 5 heteroatoms. The van der Waals surface area contributed by atoms with Gasteiger partial charge in [-0.25, -0.2) is 0 Å². The summed E-state index contributed by atoms with van der Waals surface area (Å²) in [6, 6.07) is 17.3. The molecular formula is C30H39N3O2. The second kappa shape index (κ2) is 10.5. The Balaban J connectivity index is 1.49. The van der Waals surface area contributed by atoms with Gasteiger partial charge in [0.2, 0.25) is 11.8 Å². The molecule has 0 N–H and O–H groups in total. The van der Waals surface area contributed by atoms with E-state index < -0.39 is 0 Å². The number of benzene rings is 2. The van der Waals surface area contributed by atoms with E-state index in [1.807, 2.05) is 29.2 Å². The number of carbonyl (C=O) groups excluding carboxylic acids is 2. The van der Waals surface area contributed by atoms with E-state index in [-0.39, 0.29) is 11.8 Å². The minimum atomic E-state index is 0.0791. The van der Waals surface area contributed by atoms with Crippen LogP contribution in [0, 0.1) is 12.8 Å². The molecule has 0 radical (unpaired) electrons. The van der Waals surface area contributed by atoms with E-state index in [9.17, 15) is 9.59 Å². The molecule has 35 heavy (non-hydrogen) atoms. The Morgan fingerprint density at radius 2 is 1.74 bits per heavy atom. The molecule has 5 rings (SSSR count). The van der Waals surface area contributed by atoms with E-state index in [4.69, 9.17) is 0 Å². The van der Waals surface area contributed by atoms with Gasteiger partial charge in [-0.1, -0.05) is 54.4 Å². The van der Waals surface area contributed by atoms with Crippen molar-refractivity contribution in [2.24, 2.45) is 5.92 Å². The van der Waals surface area contributed by atoms with Gasteiger partial charge >= 0.3 is 0 Å². The SMILES string of the molecule is CC(=O)N1CCC2CCCC(CN(C(=O)Cc3cccc(C)c3)Cc3ccccc31)N2CC1CC1. The van der Waals surface area contributed by atoms with Crippen LogP contribution in [0.3, 0.4) is 0 Å². The summed E-state index contributed by atoms with van der Waals surface area (Å²) in [5.74, 6) is 1.06. The lowest BCUT2D eigenvalue weighted by Gasteiger charge is -2.44. The Kier molecular flexibility index (Phi) is 7.24. The van der Waals surface area contributed by atoms with Crippen LogP contribution in [0.1, 0.15) is 62.1 Å². The van der Waals surface area contributed by atoms with Crippen molar-refractivity contribution in [3.8, 4) is 0 Å². The third kappa shape index (κ3) is 5.78. The van der Waals surface area contributed by atoms with E-state index >= 15 is 0 Å². The van der Waals surface area contributed by atoms with Crippen molar-refractivity contribution in [3.05, 3.63) is 65.2 Å². The monoisotopic (exact) mass is 473 g/mol. The molecule has 2 bridgehead atoms. The molecule has 1 saturated heterocycles. The van der Waals surface area contributed by atoms with E-state index in [1.165, 1.54) is 31.2 Å². The molecule has 2 aliphatic heterocycles. The molecule has 1 aliphatic carbocycles. The van der Waals surface area contributed by atoms with Crippen LogP contribution in [0.5, 0.6) is 0 Å². The minimum absolute atomic E-state index is 0.0791. The summed E-state index contributed by atoms with van der Waals surface area (Å²) in [6.45, 7) is 6.93. The Morgan fingerprint density at radius 3 is 2.51 bits per heavy atom. The lowest BCUT2D eigenvalue weighted by Crippen LogP contribution is -2.53. The number of rotatable bonds is 4. The standard InChI is InChI=1S/C30H39N3O2/c1-22-7-5-8-25(17-22)18-30(35)31-20-26-9-3-4-12-29(26)32(23(2)34)16-15-27-10-6-11-28(21-31)33(27)19-24-13-14-24/h3-5,7-9,12,17,24,27-28H,6,10-11,13-16,18-21H2,1-2H3. The maximum Gasteiger partial charge on any atom is 0.227 e. The van der Waals surface area contributed by atoms with Crippen molar-refractivity contribution >= 4 is 17.5 Å². The van der Waals surface area contributed by atoms with Crippen molar-refractivity contribution in [2.45, 2.75) is 77.4 Å². The van der Waals surface area contributed by atoms with Gasteiger partial charge in [0.15, 0.2) is 0 Å². The molecule has 2 aromatic rings. The van der Waals surface area contributed by atoms with E-state index in [0.29, 0.717) is 25.0 Å². The van der Waals surface area contributed by atoms with E-state index in [2.05, 4.69) is 41.0 Å². The summed E-state index contributed by atoms with van der Waals surface area (Å²) >= 11 is 0. The number of aryl methyl sites for hydroxylation is 1. The zero-order chi connectivity index (χ0) is 24.4. The highest BCUT2D eigenvalue weighted by Crippen LogP contribution is 2.36. The summed E-state index contributed by atoms with van der Waals surface area (Å²) < 4.78 is 0. The third-order valence-corrected chi connectivity index (χ3v) is 8.11. The number of carbonyl (C=O) groups is 2. The van der Waals surface area contributed by atoms with E-state index in [0.717, 1.165) is 55.2 Å². The number of piperidine rings is 1. The summed E-state index contributed by atoms with van der Waals surface area (Å²) in [7, 11) is 0. The largest absolute Gasteiger partial charge is 0.336 e. The lowest BCUT2D eigenvalue weighted by atomic mass is 9.92. The highest BCUT2D eigenvalue weighted by Gasteiger charge is 2.37. The molecule has 0 aromatic heterocycles. The molecule has 2 aromatic carbocycles. The van der Waals surface area contributed by atoms with Crippen LogP contribution in [-0.2, 0) is 22.6 Å². The predicted molar refractivity (Wildman–Crippen MR) is 140 cm³/mol. The number of fused-ring (bicyclic) bond motifs is 3. The lowest BCUT2D eigenvalue weighted by molar-refractivity contribution is -0.132. The quantitative estimate of drug-likeness (QED) is 0.631. The molecule has 3 aliphatic rings. The molecule has 2 atom stereocenters. The normalized spacial score (nSPS) is 23.4. The highest BCUT2D eigenvalue weighted by atomic mass is 16.2. The first-order valence-corrected chi connectivity index (χ1v) is 13.4. The van der Waals surface area contributed by atoms with Gasteiger partial charge in [0.1, 0.15) is 0 Å². The number of hydrogen-bond acceptors (Lipinski definition) is 3. The van der Waals surface area contributed by atoms with Gasteiger partial charge in [-0.15, -0.1) is 0 Å². The average molecular weight is 474 g/mol. The average Bonchev–Trinajstić information content (AvgIpc) is 3.65. The fourth-order valence-corrected chi connectivity index (χ4v) is 6.08. The summed E-state index contributed by atoms with van der Waals surface area (Å²) in [5, 5.41) is 0. The van der Waals surface area contributed by atoms with Crippen LogP contribution in [0.4, 0.5) is 5.69 Å². The summed E-state index contributed by atoms with van der Waals surface area (Å²) in [5.41, 5.74) is 4.27. The van der Waals surface area contributed by atoms with Gasteiger partial charge < -0.3 is 9.80 Å². The molecule has 2 heterocycles. The van der Waals surface area contributed by atoms with Gasteiger partial charge in [-0.3, -0.25) is 14.5 Å². The van der Waals surface area contributed by atoms with Crippen LogP contribution < -0.4 is 4.90 Å². The second-order valence-electron chi connectivity index (χ2n) is 10.9. The number of amides is 2. The van der Waals surface area contributed by atoms with Gasteiger partial charge in [0, 0.05) is 50.9 Å². The van der Waals surface area contributed by atoms with Crippen LogP contribution in [0.2, 0.25) is 0 Å². The van der Waals surface area contributed by atoms with Gasteiger partial charge in [0.05, 0.1) is 6.42 Å². The van der Waals surface area contributed by atoms with E-state index in [1.54, 1.807) is 6.92 Å². The number of para-hydroxylation sites is 1. The van der Waals surface area contributed by atoms with Gasteiger partial charge in [0.25, 0.3) is 0 Å². The maximum atomic E-state index is 13.8. The molecule has 1 saturated carbocycles. The molecule has 5 nitrogen and oxygen atoms in total. The number of anilines is 1. The molecule has 2 amide bonds. The molecule has 2 unspecified atom stereocenters. The topological polar surface area (TPSA) is 43.9 Å². The van der Waals surface area contributed by atoms with Crippen molar-refractivity contribution in [1.82, 2.24) is 9.80 Å². The summed E-state index contributed by atoms with van der Waals surface area (Å²) in [6.07, 6.45) is 7.61. The summed E-state index contributed by atoms with van der Waals surface area (Å²) in [4.78, 5) is 33.3. The Morgan fingerprint density at radius 1 is 0.943 bits per heavy atom. The van der Waals surface area contributed by atoms with Crippen molar-refractivity contribution < 1.29 is 9.59 Å². The van der Waals surface area contributed by atoms with Gasteiger partial charge in [-0.05, 0) is 62.1 Å². The Hall–Kier alpha value is -2.66. The molecular weight excluding hydrogens is 434 g/mol. The second-order valence-corrected chi connectivity index (χ2v) is 10.9. The molecule has 0 spiro atoms. The first-order chi connectivity index (χ1) is 17.0. The van der Waals surface area contributed by atoms with Crippen molar-refractivity contribution in [2.75, 3.05) is 24.5 Å². The van der Waals surface area contributed by atoms with Crippen LogP contribution in [0.15, 0.2) is 48.5 Å². The number of nitrogens with zero attached hydrogens (tertiary/aromatic N) is 3. The fourth-order valence-electron chi connectivity index (χ4n) is 6.08. The van der Waals surface area contributed by atoms with Crippen LogP contribution in [-0.4, -0.2) is 53.3 Å². The zero-order valence-corrected chi connectivity index (χ0v) is 21.3. The molecule has 2 fully saturated rings. The maximum absolute atomic E-state index is 13.8. The number of hydrogen-bond donors (Lipinski definition) is 0. The van der Waals surface area contributed by atoms with Crippen molar-refractivity contribution in [3.63, 3.8) is 0 Å². The smallest absolute Gasteiger partial charge is 0.227 e. The zero-order valence-electron chi connectivity index (χ0n) is 21.3. The third-order valence-electron chi connectivity index (χ3n) is 8.11. The minimum Gasteiger partial charge on any atom is -0.336 e. The van der Waals surface area contributed by atoms with Crippen LogP contribution in [0.25, 0.3) is 0 Å². The van der Waals surface area contributed by atoms with Crippen LogP contribution >= 0.6 is 0 Å².